The van der Waals surface area contributed by atoms with E-state index in [1.165, 1.54) is 136 Å². The molecule has 8 heteroatoms. The van der Waals surface area contributed by atoms with Gasteiger partial charge in [-0.05, 0) is 145 Å². The molecule has 0 radical (unpaired) electrons. The molecule has 2 saturated carbocycles. The standard InChI is InChI=1S/C24H28BrN.C16H20.C9H10BrI.2CO2.2CH4/c1-18-13-14-21-22(19-8-3-2-4-9-19)17-26(24(21)16-18)15-7-11-20-10-5-6-12-23(20)25;1-12-7-9-16-14(11-12)8-10-15(16)13-5-3-2-4-6-13;10-9-6-2-1-4-8(9)5-3-7-11;2*2-1-3;;/h5-6,10,12-14,16-17,19H,2-4,7-9,11,15H2,1H3;7,9-11,13H,2-6,8H2,1H3;1-2,4,6H,3,5,7H2;;;2*1H4. The van der Waals surface area contributed by atoms with Crippen molar-refractivity contribution in [2.75, 3.05) is 4.43 Å². The van der Waals surface area contributed by atoms with Crippen LogP contribution < -0.4 is 0 Å². The van der Waals surface area contributed by atoms with Gasteiger partial charge < -0.3 is 4.57 Å². The predicted molar refractivity (Wildman–Crippen MR) is 269 cm³/mol. The number of halogens is 3. The zero-order valence-corrected chi connectivity index (χ0v) is 40.0. The van der Waals surface area contributed by atoms with E-state index < -0.39 is 0 Å². The fraction of sp³-hybridized carbons (Fsp3) is 0.434. The molecular weight excluding hydrogens is 1000 g/mol. The zero-order chi connectivity index (χ0) is 42.4. The van der Waals surface area contributed by atoms with Crippen molar-refractivity contribution >= 4 is 83.2 Å². The molecule has 0 amide bonds. The monoisotopic (exact) mass is 1070 g/mol. The molecule has 1 aromatic heterocycles. The average molecular weight is 1070 g/mol. The summed E-state index contributed by atoms with van der Waals surface area (Å²) in [6.45, 7) is 5.49. The average Bonchev–Trinajstić information content (AvgIpc) is 3.84. The van der Waals surface area contributed by atoms with E-state index in [0.717, 1.165) is 24.8 Å². The SMILES string of the molecule is Brc1ccccc1CCCI.C.C.Cc1ccc2c(C3CCCCC3)cn(CCCc3ccccc3Br)c2c1.Cc1ccc2c(c1)CC=C2C1CCCCC1.O=C=O.O=C=O. The maximum absolute atomic E-state index is 8.12. The molecule has 0 aliphatic heterocycles. The third kappa shape index (κ3) is 17.0. The summed E-state index contributed by atoms with van der Waals surface area (Å²) in [6.07, 6.45) is 25.5. The summed E-state index contributed by atoms with van der Waals surface area (Å²) in [5.74, 6) is 1.62. The Morgan fingerprint density at radius 2 is 1.16 bits per heavy atom. The Labute approximate surface area is 397 Å². The lowest BCUT2D eigenvalue weighted by Crippen LogP contribution is -2.07. The summed E-state index contributed by atoms with van der Waals surface area (Å²) in [5, 5.41) is 1.49. The van der Waals surface area contributed by atoms with Gasteiger partial charge in [-0.25, -0.2) is 0 Å². The maximum Gasteiger partial charge on any atom is 0.373 e. The van der Waals surface area contributed by atoms with Gasteiger partial charge in [-0.2, -0.15) is 19.2 Å². The van der Waals surface area contributed by atoms with Crippen molar-refractivity contribution in [1.29, 1.82) is 0 Å². The lowest BCUT2D eigenvalue weighted by atomic mass is 9.82. The van der Waals surface area contributed by atoms with Crippen molar-refractivity contribution in [3.05, 3.63) is 145 Å². The van der Waals surface area contributed by atoms with Gasteiger partial charge in [0.2, 0.25) is 0 Å². The smallest absolute Gasteiger partial charge is 0.347 e. The number of hydrogen-bond acceptors (Lipinski definition) is 4. The van der Waals surface area contributed by atoms with Crippen molar-refractivity contribution in [2.45, 2.75) is 137 Å². The van der Waals surface area contributed by atoms with E-state index in [1.54, 1.807) is 22.3 Å². The van der Waals surface area contributed by atoms with E-state index in [1.807, 2.05) is 0 Å². The van der Waals surface area contributed by atoms with Crippen molar-refractivity contribution < 1.29 is 19.2 Å². The highest BCUT2D eigenvalue weighted by atomic mass is 127. The van der Waals surface area contributed by atoms with Crippen molar-refractivity contribution in [3.63, 3.8) is 0 Å². The van der Waals surface area contributed by atoms with Gasteiger partial charge in [0.25, 0.3) is 0 Å². The minimum absolute atomic E-state index is 0. The lowest BCUT2D eigenvalue weighted by molar-refractivity contribution is -0.193. The van der Waals surface area contributed by atoms with Crippen LogP contribution in [-0.4, -0.2) is 21.3 Å². The molecular formula is C53H66Br2INO4. The summed E-state index contributed by atoms with van der Waals surface area (Å²) in [6, 6.07) is 31.0. The third-order valence-corrected chi connectivity index (χ3v) is 13.9. The molecule has 2 fully saturated rings. The van der Waals surface area contributed by atoms with E-state index in [0.29, 0.717) is 0 Å². The molecule has 0 bridgehead atoms. The molecule has 5 aromatic rings. The first-order valence-electron chi connectivity index (χ1n) is 21.1. The second kappa shape index (κ2) is 29.8. The molecule has 0 saturated heterocycles. The fourth-order valence-corrected chi connectivity index (χ4v) is 10.1. The first kappa shape index (κ1) is 53.7. The molecule has 3 aliphatic carbocycles. The van der Waals surface area contributed by atoms with E-state index in [4.69, 9.17) is 19.2 Å². The van der Waals surface area contributed by atoms with Crippen LogP contribution >= 0.6 is 54.5 Å². The molecule has 61 heavy (non-hydrogen) atoms. The third-order valence-electron chi connectivity index (χ3n) is 11.6. The molecule has 0 N–H and O–H groups in total. The molecule has 0 spiro atoms. The summed E-state index contributed by atoms with van der Waals surface area (Å²) in [5.41, 5.74) is 13.4. The van der Waals surface area contributed by atoms with E-state index in [2.05, 4.69) is 170 Å². The molecule has 0 unspecified atom stereocenters. The quantitative estimate of drug-likeness (QED) is 0.109. The molecule has 4 aromatic carbocycles. The van der Waals surface area contributed by atoms with Crippen LogP contribution in [0.2, 0.25) is 0 Å². The number of rotatable bonds is 9. The second-order valence-electron chi connectivity index (χ2n) is 15.7. The van der Waals surface area contributed by atoms with Crippen LogP contribution in [0.25, 0.3) is 16.5 Å². The zero-order valence-electron chi connectivity index (χ0n) is 34.6. The molecule has 1 heterocycles. The van der Waals surface area contributed by atoms with Crippen LogP contribution in [0.3, 0.4) is 0 Å². The first-order valence-corrected chi connectivity index (χ1v) is 24.3. The summed E-state index contributed by atoms with van der Waals surface area (Å²) < 4.78 is 6.23. The Kier molecular flexibility index (Phi) is 26.3. The van der Waals surface area contributed by atoms with Crippen LogP contribution in [0.1, 0.15) is 137 Å². The summed E-state index contributed by atoms with van der Waals surface area (Å²) in [7, 11) is 0. The van der Waals surface area contributed by atoms with Crippen molar-refractivity contribution in [3.8, 4) is 0 Å². The van der Waals surface area contributed by atoms with Gasteiger partial charge in [-0.3, -0.25) is 0 Å². The number of nitrogens with zero attached hydrogens (tertiary/aromatic N) is 1. The van der Waals surface area contributed by atoms with Gasteiger partial charge in [0, 0.05) is 32.6 Å². The topological polar surface area (TPSA) is 73.2 Å². The number of carbonyl (C=O) groups excluding carboxylic acids is 4. The van der Waals surface area contributed by atoms with Gasteiger partial charge in [-0.15, -0.1) is 0 Å². The molecule has 3 aliphatic rings. The largest absolute Gasteiger partial charge is 0.373 e. The van der Waals surface area contributed by atoms with Crippen LogP contribution in [0.5, 0.6) is 0 Å². The highest BCUT2D eigenvalue weighted by molar-refractivity contribution is 14.1. The number of aromatic nitrogens is 1. The Morgan fingerprint density at radius 1 is 0.656 bits per heavy atom. The highest BCUT2D eigenvalue weighted by Gasteiger charge is 2.24. The number of aryl methyl sites for hydroxylation is 5. The maximum atomic E-state index is 8.12. The molecule has 5 nitrogen and oxygen atoms in total. The van der Waals surface area contributed by atoms with Crippen LogP contribution in [0, 0.1) is 19.8 Å². The number of benzene rings is 4. The Hall–Kier alpha value is -3.39. The van der Waals surface area contributed by atoms with Gasteiger partial charge in [0.05, 0.1) is 0 Å². The van der Waals surface area contributed by atoms with Gasteiger partial charge in [0.1, 0.15) is 0 Å². The number of fused-ring (bicyclic) bond motifs is 2. The van der Waals surface area contributed by atoms with Gasteiger partial charge in [-0.1, -0.05) is 186 Å². The number of alkyl halides is 1. The van der Waals surface area contributed by atoms with Crippen molar-refractivity contribution in [1.82, 2.24) is 4.57 Å². The van der Waals surface area contributed by atoms with Gasteiger partial charge >= 0.3 is 12.3 Å². The number of allylic oxidation sites excluding steroid dienone is 2. The Morgan fingerprint density at radius 3 is 1.72 bits per heavy atom. The van der Waals surface area contributed by atoms with Crippen LogP contribution in [-0.2, 0) is 45.0 Å². The Balaban J connectivity index is 0.000000314. The molecule has 328 valence electrons. The minimum atomic E-state index is 0. The first-order chi connectivity index (χ1) is 28.7. The minimum Gasteiger partial charge on any atom is -0.347 e. The number of hydrogen-bond donors (Lipinski definition) is 0. The van der Waals surface area contributed by atoms with Crippen LogP contribution in [0.4, 0.5) is 0 Å². The summed E-state index contributed by atoms with van der Waals surface area (Å²) in [4.78, 5) is 32.5. The van der Waals surface area contributed by atoms with Crippen LogP contribution in [0.15, 0.2) is 106 Å². The van der Waals surface area contributed by atoms with Gasteiger partial charge in [0.15, 0.2) is 0 Å². The second-order valence-corrected chi connectivity index (χ2v) is 18.5. The summed E-state index contributed by atoms with van der Waals surface area (Å²) >= 11 is 9.62. The lowest BCUT2D eigenvalue weighted by Gasteiger charge is -2.23. The molecule has 8 rings (SSSR count). The van der Waals surface area contributed by atoms with E-state index in [9.17, 15) is 0 Å². The van der Waals surface area contributed by atoms with Crippen molar-refractivity contribution in [2.24, 2.45) is 5.92 Å². The fourth-order valence-electron chi connectivity index (χ4n) is 8.76. The highest BCUT2D eigenvalue weighted by Crippen LogP contribution is 2.41. The normalized spacial score (nSPS) is 14.1. The molecule has 0 atom stereocenters. The predicted octanol–water partition coefficient (Wildman–Crippen LogP) is 15.8. The van der Waals surface area contributed by atoms with E-state index in [-0.39, 0.29) is 27.2 Å². The Bertz CT molecular complexity index is 2140. The van der Waals surface area contributed by atoms with E-state index >= 15 is 0 Å².